The summed E-state index contributed by atoms with van der Waals surface area (Å²) < 4.78 is 10.8. The smallest absolute Gasteiger partial charge is 0.231 e. The lowest BCUT2D eigenvalue weighted by Crippen LogP contribution is -2.50. The number of fused-ring (bicyclic) bond motifs is 1. The zero-order valence-corrected chi connectivity index (χ0v) is 19.5. The molecule has 8 heteroatoms. The molecule has 0 spiro atoms. The Kier molecular flexibility index (Phi) is 6.56. The summed E-state index contributed by atoms with van der Waals surface area (Å²) in [5.74, 6) is 2.59. The quantitative estimate of drug-likeness (QED) is 0.678. The highest BCUT2D eigenvalue weighted by molar-refractivity contribution is 5.80. The zero-order chi connectivity index (χ0) is 23.4. The second-order valence-corrected chi connectivity index (χ2v) is 9.58. The molecule has 1 saturated heterocycles. The van der Waals surface area contributed by atoms with Crippen LogP contribution in [0.2, 0.25) is 0 Å². The van der Waals surface area contributed by atoms with Gasteiger partial charge in [0.2, 0.25) is 18.6 Å². The third-order valence-electron chi connectivity index (χ3n) is 7.26. The lowest BCUT2D eigenvalue weighted by atomic mass is 9.78. The van der Waals surface area contributed by atoms with Crippen molar-refractivity contribution in [2.24, 2.45) is 5.41 Å². The standard InChI is InChI=1S/C26H32N4O4/c31-24(28-18-20-6-7-21-22(15-20)34-19-33-21)16-26(8-2-3-9-26)17-25(32)30-13-11-29(12-14-30)23-5-1-4-10-27-23/h1,4-7,10,15H,2-3,8-9,11-14,16-19H2,(H,28,31). The number of ether oxygens (including phenoxy) is 2. The Labute approximate surface area is 200 Å². The Hall–Kier alpha value is -3.29. The number of amides is 2. The maximum atomic E-state index is 13.2. The number of benzene rings is 1. The first kappa shape index (κ1) is 22.5. The molecule has 34 heavy (non-hydrogen) atoms. The van der Waals surface area contributed by atoms with Crippen molar-refractivity contribution in [3.63, 3.8) is 0 Å². The normalized spacial score (nSPS) is 18.7. The molecular formula is C26H32N4O4. The maximum absolute atomic E-state index is 13.2. The summed E-state index contributed by atoms with van der Waals surface area (Å²) in [7, 11) is 0. The van der Waals surface area contributed by atoms with Crippen molar-refractivity contribution in [2.45, 2.75) is 45.1 Å². The van der Waals surface area contributed by atoms with Gasteiger partial charge in [-0.1, -0.05) is 25.0 Å². The molecule has 8 nitrogen and oxygen atoms in total. The van der Waals surface area contributed by atoms with Crippen molar-refractivity contribution in [1.29, 1.82) is 0 Å². The van der Waals surface area contributed by atoms with Crippen LogP contribution in [0.5, 0.6) is 11.5 Å². The molecule has 3 heterocycles. The number of nitrogens with one attached hydrogen (secondary N) is 1. The van der Waals surface area contributed by atoms with E-state index >= 15 is 0 Å². The van der Waals surface area contributed by atoms with Crippen LogP contribution >= 0.6 is 0 Å². The monoisotopic (exact) mass is 464 g/mol. The molecule has 2 aliphatic heterocycles. The molecule has 3 aliphatic rings. The van der Waals surface area contributed by atoms with Gasteiger partial charge < -0.3 is 24.6 Å². The molecule has 1 saturated carbocycles. The predicted octanol–water partition coefficient (Wildman–Crippen LogP) is 3.12. The van der Waals surface area contributed by atoms with Crippen molar-refractivity contribution < 1.29 is 19.1 Å². The van der Waals surface area contributed by atoms with Crippen LogP contribution in [0.1, 0.15) is 44.1 Å². The van der Waals surface area contributed by atoms with E-state index in [1.54, 1.807) is 6.20 Å². The molecule has 0 unspecified atom stereocenters. The van der Waals surface area contributed by atoms with Crippen LogP contribution in [0, 0.1) is 5.41 Å². The molecule has 1 aromatic heterocycles. The number of pyridine rings is 1. The van der Waals surface area contributed by atoms with Gasteiger partial charge in [-0.25, -0.2) is 4.98 Å². The van der Waals surface area contributed by atoms with Gasteiger partial charge in [0, 0.05) is 51.8 Å². The first-order valence-electron chi connectivity index (χ1n) is 12.2. The van der Waals surface area contributed by atoms with Crippen LogP contribution in [-0.4, -0.2) is 54.7 Å². The minimum absolute atomic E-state index is 0.00679. The number of anilines is 1. The number of carbonyl (C=O) groups is 2. The van der Waals surface area contributed by atoms with Gasteiger partial charge in [-0.05, 0) is 48.1 Å². The summed E-state index contributed by atoms with van der Waals surface area (Å²) in [5.41, 5.74) is 0.744. The largest absolute Gasteiger partial charge is 0.454 e. The van der Waals surface area contributed by atoms with Gasteiger partial charge in [0.05, 0.1) is 0 Å². The summed E-state index contributed by atoms with van der Waals surface area (Å²) in [6.07, 6.45) is 6.68. The predicted molar refractivity (Wildman–Crippen MR) is 128 cm³/mol. The topological polar surface area (TPSA) is 84.0 Å². The number of nitrogens with zero attached hydrogens (tertiary/aromatic N) is 3. The lowest BCUT2D eigenvalue weighted by molar-refractivity contribution is -0.135. The molecule has 2 fully saturated rings. The lowest BCUT2D eigenvalue weighted by Gasteiger charge is -2.37. The van der Waals surface area contributed by atoms with E-state index in [0.717, 1.165) is 55.9 Å². The second kappa shape index (κ2) is 9.91. The number of piperazine rings is 1. The van der Waals surface area contributed by atoms with E-state index in [1.165, 1.54) is 0 Å². The van der Waals surface area contributed by atoms with E-state index in [1.807, 2.05) is 41.3 Å². The second-order valence-electron chi connectivity index (χ2n) is 9.58. The van der Waals surface area contributed by atoms with Crippen LogP contribution in [0.4, 0.5) is 5.82 Å². The van der Waals surface area contributed by atoms with Gasteiger partial charge in [0.25, 0.3) is 0 Å². The van der Waals surface area contributed by atoms with Gasteiger partial charge in [-0.15, -0.1) is 0 Å². The van der Waals surface area contributed by atoms with Crippen molar-refractivity contribution >= 4 is 17.6 Å². The molecule has 2 aromatic rings. The third kappa shape index (κ3) is 5.11. The van der Waals surface area contributed by atoms with Gasteiger partial charge in [-0.3, -0.25) is 9.59 Å². The molecule has 5 rings (SSSR count). The fraction of sp³-hybridized carbons (Fsp3) is 0.500. The molecule has 2 amide bonds. The highest BCUT2D eigenvalue weighted by Crippen LogP contribution is 2.44. The molecule has 0 bridgehead atoms. The van der Waals surface area contributed by atoms with Gasteiger partial charge >= 0.3 is 0 Å². The van der Waals surface area contributed by atoms with E-state index in [2.05, 4.69) is 15.2 Å². The third-order valence-corrected chi connectivity index (χ3v) is 7.26. The first-order valence-corrected chi connectivity index (χ1v) is 12.2. The van der Waals surface area contributed by atoms with Gasteiger partial charge in [0.1, 0.15) is 5.82 Å². The van der Waals surface area contributed by atoms with E-state index < -0.39 is 0 Å². The zero-order valence-electron chi connectivity index (χ0n) is 19.5. The average Bonchev–Trinajstić information content (AvgIpc) is 3.52. The number of hydrogen-bond acceptors (Lipinski definition) is 6. The molecule has 0 atom stereocenters. The van der Waals surface area contributed by atoms with E-state index in [0.29, 0.717) is 38.2 Å². The van der Waals surface area contributed by atoms with E-state index in [9.17, 15) is 9.59 Å². The van der Waals surface area contributed by atoms with Crippen LogP contribution < -0.4 is 19.7 Å². The average molecular weight is 465 g/mol. The highest BCUT2D eigenvalue weighted by atomic mass is 16.7. The molecule has 0 radical (unpaired) electrons. The van der Waals surface area contributed by atoms with Crippen molar-refractivity contribution in [1.82, 2.24) is 15.2 Å². The minimum Gasteiger partial charge on any atom is -0.454 e. The highest BCUT2D eigenvalue weighted by Gasteiger charge is 2.39. The minimum atomic E-state index is -0.228. The number of rotatable bonds is 7. The van der Waals surface area contributed by atoms with Gasteiger partial charge in [-0.2, -0.15) is 0 Å². The van der Waals surface area contributed by atoms with Crippen molar-refractivity contribution in [3.05, 3.63) is 48.2 Å². The van der Waals surface area contributed by atoms with E-state index in [4.69, 9.17) is 9.47 Å². The number of carbonyl (C=O) groups excluding carboxylic acids is 2. The van der Waals surface area contributed by atoms with Crippen LogP contribution in [0.25, 0.3) is 0 Å². The summed E-state index contributed by atoms with van der Waals surface area (Å²) in [6, 6.07) is 11.6. The first-order chi connectivity index (χ1) is 16.6. The molecule has 1 aliphatic carbocycles. The fourth-order valence-electron chi connectivity index (χ4n) is 5.35. The Balaban J connectivity index is 1.13. The number of aromatic nitrogens is 1. The van der Waals surface area contributed by atoms with Crippen molar-refractivity contribution in [3.8, 4) is 11.5 Å². The van der Waals surface area contributed by atoms with Crippen LogP contribution in [-0.2, 0) is 16.1 Å². The summed E-state index contributed by atoms with van der Waals surface area (Å²) in [6.45, 7) is 3.63. The maximum Gasteiger partial charge on any atom is 0.231 e. The summed E-state index contributed by atoms with van der Waals surface area (Å²) in [4.78, 5) is 34.7. The Bertz CT molecular complexity index is 1010. The molecular weight excluding hydrogens is 432 g/mol. The number of hydrogen-bond donors (Lipinski definition) is 1. The Morgan fingerprint density at radius 2 is 1.76 bits per heavy atom. The molecule has 180 valence electrons. The molecule has 1 N–H and O–H groups in total. The van der Waals surface area contributed by atoms with E-state index in [-0.39, 0.29) is 24.0 Å². The molecule has 1 aromatic carbocycles. The SMILES string of the molecule is O=C(CC1(CC(=O)N2CCN(c3ccccn3)CC2)CCCC1)NCc1ccc2c(c1)OCO2. The van der Waals surface area contributed by atoms with Crippen molar-refractivity contribution in [2.75, 3.05) is 37.9 Å². The summed E-state index contributed by atoms with van der Waals surface area (Å²) >= 11 is 0. The fourth-order valence-corrected chi connectivity index (χ4v) is 5.35. The Morgan fingerprint density at radius 3 is 2.53 bits per heavy atom. The van der Waals surface area contributed by atoms with Crippen LogP contribution in [0.15, 0.2) is 42.6 Å². The van der Waals surface area contributed by atoms with Crippen LogP contribution in [0.3, 0.4) is 0 Å². The summed E-state index contributed by atoms with van der Waals surface area (Å²) in [5, 5.41) is 3.04. The Morgan fingerprint density at radius 1 is 0.971 bits per heavy atom. The van der Waals surface area contributed by atoms with Gasteiger partial charge in [0.15, 0.2) is 11.5 Å².